The molecule has 4 bridgehead atoms. The maximum Gasteiger partial charge on any atom is 0.258 e. The molecule has 2 aromatic rings. The Morgan fingerprint density at radius 3 is 2.81 bits per heavy atom. The van der Waals surface area contributed by atoms with Crippen molar-refractivity contribution in [3.8, 4) is 17.2 Å². The first-order valence-electron chi connectivity index (χ1n) is 12.0. The van der Waals surface area contributed by atoms with E-state index in [0.29, 0.717) is 30.9 Å². The Morgan fingerprint density at radius 1 is 1.19 bits per heavy atom. The van der Waals surface area contributed by atoms with Gasteiger partial charge >= 0.3 is 0 Å². The maximum absolute atomic E-state index is 14.4. The molecule has 0 radical (unpaired) electrons. The molecule has 1 fully saturated rings. The van der Waals surface area contributed by atoms with Gasteiger partial charge in [0.25, 0.3) is 11.8 Å². The quantitative estimate of drug-likeness (QED) is 0.636. The Balaban J connectivity index is 1.65. The SMILES string of the molecule is COCCC(=O)N1CC[C@H]2Oc3cc(F)cc(c3)CNC(=O)COc3cc(ccc3OC)C(=O)N[C@H]2C1. The number of hydrogen-bond acceptors (Lipinski definition) is 7. The number of ether oxygens (including phenoxy) is 4. The minimum absolute atomic E-state index is 0.0695. The third kappa shape index (κ3) is 6.67. The highest BCUT2D eigenvalue weighted by Gasteiger charge is 2.34. The summed E-state index contributed by atoms with van der Waals surface area (Å²) >= 11 is 0. The third-order valence-corrected chi connectivity index (χ3v) is 6.23. The van der Waals surface area contributed by atoms with E-state index in [-0.39, 0.29) is 49.1 Å². The Kier molecular flexibility index (Phi) is 8.44. The zero-order valence-corrected chi connectivity index (χ0v) is 20.8. The number of piperidine rings is 1. The van der Waals surface area contributed by atoms with Gasteiger partial charge in [-0.25, -0.2) is 4.39 Å². The number of rotatable bonds is 4. The van der Waals surface area contributed by atoms with E-state index >= 15 is 0 Å². The van der Waals surface area contributed by atoms with Crippen molar-refractivity contribution in [1.29, 1.82) is 0 Å². The second-order valence-electron chi connectivity index (χ2n) is 8.83. The molecular weight excluding hydrogens is 485 g/mol. The van der Waals surface area contributed by atoms with E-state index in [9.17, 15) is 18.8 Å². The van der Waals surface area contributed by atoms with Crippen molar-refractivity contribution in [1.82, 2.24) is 15.5 Å². The summed E-state index contributed by atoms with van der Waals surface area (Å²) in [6.07, 6.45) is 0.117. The summed E-state index contributed by atoms with van der Waals surface area (Å²) in [6, 6.07) is 8.26. The number of carbonyl (C=O) groups is 3. The van der Waals surface area contributed by atoms with Gasteiger partial charge in [0, 0.05) is 44.8 Å². The van der Waals surface area contributed by atoms with Crippen molar-refractivity contribution >= 4 is 17.7 Å². The smallest absolute Gasteiger partial charge is 0.258 e. The van der Waals surface area contributed by atoms with Gasteiger partial charge in [0.05, 0.1) is 26.2 Å². The molecule has 2 heterocycles. The van der Waals surface area contributed by atoms with Crippen molar-refractivity contribution in [3.63, 3.8) is 0 Å². The minimum atomic E-state index is -0.571. The molecule has 0 aromatic heterocycles. The number of benzene rings is 2. The van der Waals surface area contributed by atoms with Gasteiger partial charge < -0.3 is 34.5 Å². The van der Waals surface area contributed by atoms with Gasteiger partial charge in [0.2, 0.25) is 5.91 Å². The first kappa shape index (κ1) is 26.2. The highest BCUT2D eigenvalue weighted by Crippen LogP contribution is 2.29. The average Bonchev–Trinajstić information content (AvgIpc) is 2.89. The van der Waals surface area contributed by atoms with Crippen LogP contribution in [0.25, 0.3) is 0 Å². The largest absolute Gasteiger partial charge is 0.493 e. The molecule has 0 saturated carbocycles. The monoisotopic (exact) mass is 515 g/mol. The highest BCUT2D eigenvalue weighted by atomic mass is 19.1. The van der Waals surface area contributed by atoms with Crippen LogP contribution in [0.1, 0.15) is 28.8 Å². The van der Waals surface area contributed by atoms with Crippen LogP contribution in [0.3, 0.4) is 0 Å². The zero-order valence-electron chi connectivity index (χ0n) is 20.8. The van der Waals surface area contributed by atoms with Crippen molar-refractivity contribution in [2.24, 2.45) is 0 Å². The van der Waals surface area contributed by atoms with E-state index < -0.39 is 29.8 Å². The minimum Gasteiger partial charge on any atom is -0.493 e. The summed E-state index contributed by atoms with van der Waals surface area (Å²) in [7, 11) is 2.98. The Hall–Kier alpha value is -3.86. The maximum atomic E-state index is 14.4. The molecule has 0 unspecified atom stereocenters. The topological polar surface area (TPSA) is 115 Å². The molecule has 37 heavy (non-hydrogen) atoms. The van der Waals surface area contributed by atoms with Gasteiger partial charge in [-0.15, -0.1) is 0 Å². The van der Waals surface area contributed by atoms with Crippen LogP contribution in [-0.4, -0.2) is 75.3 Å². The molecule has 2 aromatic carbocycles. The molecule has 11 heteroatoms. The summed E-state index contributed by atoms with van der Waals surface area (Å²) in [5.74, 6) is -0.623. The van der Waals surface area contributed by atoms with Crippen molar-refractivity contribution < 1.29 is 37.7 Å². The van der Waals surface area contributed by atoms with E-state index in [1.54, 1.807) is 23.1 Å². The van der Waals surface area contributed by atoms with E-state index in [2.05, 4.69) is 10.6 Å². The molecule has 3 amide bonds. The fourth-order valence-corrected chi connectivity index (χ4v) is 4.33. The van der Waals surface area contributed by atoms with E-state index in [1.807, 2.05) is 0 Å². The number of likely N-dealkylation sites (tertiary alicyclic amines) is 1. The molecule has 2 aliphatic rings. The van der Waals surface area contributed by atoms with Crippen LogP contribution in [0.2, 0.25) is 0 Å². The predicted octanol–water partition coefficient (Wildman–Crippen LogP) is 1.66. The molecule has 4 rings (SSSR count). The molecule has 198 valence electrons. The molecular formula is C26H30FN3O7. The zero-order chi connectivity index (χ0) is 26.4. The van der Waals surface area contributed by atoms with Gasteiger partial charge in [-0.05, 0) is 35.9 Å². The van der Waals surface area contributed by atoms with Crippen LogP contribution in [0.15, 0.2) is 36.4 Å². The fraction of sp³-hybridized carbons (Fsp3) is 0.423. The molecule has 1 saturated heterocycles. The van der Waals surface area contributed by atoms with Gasteiger partial charge in [0.1, 0.15) is 17.7 Å². The van der Waals surface area contributed by atoms with Crippen molar-refractivity contribution in [3.05, 3.63) is 53.3 Å². The number of amides is 3. The molecule has 2 N–H and O–H groups in total. The number of nitrogens with zero attached hydrogens (tertiary/aromatic N) is 1. The van der Waals surface area contributed by atoms with E-state index in [1.165, 1.54) is 32.4 Å². The average molecular weight is 516 g/mol. The summed E-state index contributed by atoms with van der Waals surface area (Å²) in [5, 5.41) is 5.65. The second-order valence-corrected chi connectivity index (χ2v) is 8.83. The first-order chi connectivity index (χ1) is 17.9. The second kappa shape index (κ2) is 11.9. The number of halogens is 1. The lowest BCUT2D eigenvalue weighted by molar-refractivity contribution is -0.134. The number of methoxy groups -OCH3 is 2. The first-order valence-corrected chi connectivity index (χ1v) is 12.0. The third-order valence-electron chi connectivity index (χ3n) is 6.23. The predicted molar refractivity (Wildman–Crippen MR) is 130 cm³/mol. The molecule has 2 atom stereocenters. The molecule has 0 aliphatic carbocycles. The van der Waals surface area contributed by atoms with Gasteiger partial charge in [-0.2, -0.15) is 0 Å². The molecule has 0 spiro atoms. The fourth-order valence-electron chi connectivity index (χ4n) is 4.33. The van der Waals surface area contributed by atoms with Crippen LogP contribution in [0.5, 0.6) is 17.2 Å². The van der Waals surface area contributed by atoms with Crippen LogP contribution < -0.4 is 24.8 Å². The van der Waals surface area contributed by atoms with Crippen LogP contribution in [0, 0.1) is 5.82 Å². The van der Waals surface area contributed by atoms with Crippen LogP contribution >= 0.6 is 0 Å². The van der Waals surface area contributed by atoms with E-state index in [0.717, 1.165) is 0 Å². The summed E-state index contributed by atoms with van der Waals surface area (Å²) in [5.41, 5.74) is 0.778. The number of carbonyl (C=O) groups excluding carboxylic acids is 3. The van der Waals surface area contributed by atoms with Crippen molar-refractivity contribution in [2.45, 2.75) is 31.5 Å². The normalized spacial score (nSPS) is 20.0. The van der Waals surface area contributed by atoms with Gasteiger partial charge in [-0.3, -0.25) is 14.4 Å². The van der Waals surface area contributed by atoms with Gasteiger partial charge in [-0.1, -0.05) is 0 Å². The standard InChI is InChI=1S/C26H30FN3O7/c1-34-8-6-25(32)30-7-5-21-20(14-30)29-26(33)17-3-4-22(35-2)23(11-17)36-15-24(31)28-13-16-9-18(27)12-19(10-16)37-21/h3-4,9-12,20-21H,5-8,13-15H2,1-2H3,(H,28,31)(H,29,33)/t20-,21+/m0/s1. The Bertz CT molecular complexity index is 1160. The highest BCUT2D eigenvalue weighted by molar-refractivity contribution is 5.95. The molecule has 10 nitrogen and oxygen atoms in total. The Labute approximate surface area is 214 Å². The lowest BCUT2D eigenvalue weighted by Crippen LogP contribution is -2.58. The number of nitrogens with one attached hydrogen (secondary N) is 2. The van der Waals surface area contributed by atoms with Crippen molar-refractivity contribution in [2.75, 3.05) is 40.5 Å². The summed E-state index contributed by atoms with van der Waals surface area (Å²) in [4.78, 5) is 39.9. The molecule has 2 aliphatic heterocycles. The lowest BCUT2D eigenvalue weighted by atomic mass is 10.0. The summed E-state index contributed by atoms with van der Waals surface area (Å²) < 4.78 is 36.4. The summed E-state index contributed by atoms with van der Waals surface area (Å²) in [6.45, 7) is 0.669. The Morgan fingerprint density at radius 2 is 2.03 bits per heavy atom. The van der Waals surface area contributed by atoms with Gasteiger partial charge in [0.15, 0.2) is 18.1 Å². The number of fused-ring (bicyclic) bond motifs is 5. The van der Waals surface area contributed by atoms with E-state index in [4.69, 9.17) is 18.9 Å². The number of hydrogen-bond donors (Lipinski definition) is 2. The van der Waals surface area contributed by atoms with Crippen LogP contribution in [-0.2, 0) is 20.9 Å². The van der Waals surface area contributed by atoms with Crippen LogP contribution in [0.4, 0.5) is 4.39 Å². The lowest BCUT2D eigenvalue weighted by Gasteiger charge is -2.39.